The summed E-state index contributed by atoms with van der Waals surface area (Å²) in [6, 6.07) is 10.7. The van der Waals surface area contributed by atoms with Crippen LogP contribution >= 0.6 is 23.1 Å². The largest absolute Gasteiger partial charge is 0.308 e. The van der Waals surface area contributed by atoms with Gasteiger partial charge in [0, 0.05) is 16.3 Å². The lowest BCUT2D eigenvalue weighted by Crippen LogP contribution is -2.19. The van der Waals surface area contributed by atoms with Crippen LogP contribution in [-0.2, 0) is 17.6 Å². The molecule has 5 rings (SSSR count). The number of thiophene rings is 1. The van der Waals surface area contributed by atoms with Gasteiger partial charge < -0.3 is 9.88 Å². The van der Waals surface area contributed by atoms with E-state index < -0.39 is 5.82 Å². The Bertz CT molecular complexity index is 1390. The minimum atomic E-state index is -0.437. The first-order valence-electron chi connectivity index (χ1n) is 10.7. The van der Waals surface area contributed by atoms with E-state index >= 15 is 0 Å². The van der Waals surface area contributed by atoms with Gasteiger partial charge in [-0.2, -0.15) is 5.26 Å². The fourth-order valence-electron chi connectivity index (χ4n) is 4.34. The number of hydrogen-bond donors (Lipinski definition) is 1. The first kappa shape index (κ1) is 21.7. The van der Waals surface area contributed by atoms with E-state index in [-0.39, 0.29) is 11.6 Å². The molecule has 166 valence electrons. The number of aryl methyl sites for hydroxylation is 2. The number of thioether (sulfide) groups is 1. The van der Waals surface area contributed by atoms with E-state index in [9.17, 15) is 14.4 Å². The standard InChI is InChI=1S/C25H21FN4OS2/c1-14-11-16(12-22-23(31)29-25(33-22)28-20-9-5-4-8-19(20)26)15(2)30(14)24-18(13-27)17-7-3-6-10-21(17)32-24/h4-5,8-9,11-12H,3,6-7,10H2,1-2H3,(H,28,29,31)/b22-12-. The van der Waals surface area contributed by atoms with E-state index in [1.54, 1.807) is 29.5 Å². The van der Waals surface area contributed by atoms with Gasteiger partial charge in [-0.25, -0.2) is 9.38 Å². The zero-order chi connectivity index (χ0) is 23.1. The molecule has 1 amide bonds. The summed E-state index contributed by atoms with van der Waals surface area (Å²) in [4.78, 5) is 18.6. The number of carbonyl (C=O) groups excluding carboxylic acids is 1. The number of nitriles is 1. The van der Waals surface area contributed by atoms with E-state index in [2.05, 4.69) is 20.9 Å². The van der Waals surface area contributed by atoms with E-state index in [4.69, 9.17) is 0 Å². The van der Waals surface area contributed by atoms with E-state index in [0.717, 1.165) is 46.8 Å². The molecule has 1 aromatic carbocycles. The van der Waals surface area contributed by atoms with Gasteiger partial charge in [-0.15, -0.1) is 11.3 Å². The quantitative estimate of drug-likeness (QED) is 0.476. The Labute approximate surface area is 199 Å². The number of amidine groups is 1. The number of fused-ring (bicyclic) bond motifs is 1. The van der Waals surface area contributed by atoms with Crippen LogP contribution in [-0.4, -0.2) is 15.6 Å². The second-order valence-corrected chi connectivity index (χ2v) is 10.2. The highest BCUT2D eigenvalue weighted by molar-refractivity contribution is 8.18. The van der Waals surface area contributed by atoms with Crippen molar-refractivity contribution in [3.63, 3.8) is 0 Å². The van der Waals surface area contributed by atoms with Gasteiger partial charge in [0.15, 0.2) is 5.17 Å². The van der Waals surface area contributed by atoms with Gasteiger partial charge in [0.05, 0.1) is 10.5 Å². The highest BCUT2D eigenvalue weighted by atomic mass is 32.2. The number of benzene rings is 1. The zero-order valence-electron chi connectivity index (χ0n) is 18.2. The first-order valence-corrected chi connectivity index (χ1v) is 12.4. The Morgan fingerprint density at radius 2 is 2.03 bits per heavy atom. The second-order valence-electron chi connectivity index (χ2n) is 8.10. The minimum Gasteiger partial charge on any atom is -0.308 e. The zero-order valence-corrected chi connectivity index (χ0v) is 19.9. The highest BCUT2D eigenvalue weighted by Crippen LogP contribution is 2.39. The molecule has 0 spiro atoms. The van der Waals surface area contributed by atoms with Crippen LogP contribution in [0.5, 0.6) is 0 Å². The van der Waals surface area contributed by atoms with E-state index in [1.807, 2.05) is 26.0 Å². The predicted molar refractivity (Wildman–Crippen MR) is 132 cm³/mol. The predicted octanol–water partition coefficient (Wildman–Crippen LogP) is 5.94. The number of aliphatic imine (C=N–C) groups is 1. The number of amides is 1. The third-order valence-corrected chi connectivity index (χ3v) is 8.14. The monoisotopic (exact) mass is 476 g/mol. The lowest BCUT2D eigenvalue weighted by atomic mass is 9.96. The van der Waals surface area contributed by atoms with Crippen molar-refractivity contribution >= 4 is 45.9 Å². The van der Waals surface area contributed by atoms with Crippen molar-refractivity contribution in [1.29, 1.82) is 5.26 Å². The molecule has 0 atom stereocenters. The summed E-state index contributed by atoms with van der Waals surface area (Å²) in [5.74, 6) is -0.697. The van der Waals surface area contributed by atoms with Crippen molar-refractivity contribution in [3.05, 3.63) is 74.0 Å². The average molecular weight is 477 g/mol. The third-order valence-electron chi connectivity index (χ3n) is 5.95. The van der Waals surface area contributed by atoms with Gasteiger partial charge in [0.2, 0.25) is 0 Å². The minimum absolute atomic E-state index is 0.186. The van der Waals surface area contributed by atoms with Crippen molar-refractivity contribution in [3.8, 4) is 11.1 Å². The van der Waals surface area contributed by atoms with Crippen LogP contribution in [0.4, 0.5) is 10.1 Å². The summed E-state index contributed by atoms with van der Waals surface area (Å²) in [6.45, 7) is 4.02. The molecule has 0 unspecified atom stereocenters. The fraction of sp³-hybridized carbons (Fsp3) is 0.240. The van der Waals surface area contributed by atoms with Gasteiger partial charge in [-0.3, -0.25) is 4.79 Å². The number of para-hydroxylation sites is 1. The Morgan fingerprint density at radius 1 is 1.24 bits per heavy atom. The molecule has 1 saturated heterocycles. The number of nitrogens with one attached hydrogen (secondary N) is 1. The molecule has 2 aromatic heterocycles. The molecule has 1 aliphatic carbocycles. The average Bonchev–Trinajstić information content (AvgIpc) is 3.42. The summed E-state index contributed by atoms with van der Waals surface area (Å²) in [5.41, 5.74) is 5.07. The third kappa shape index (κ3) is 3.92. The lowest BCUT2D eigenvalue weighted by Gasteiger charge is -2.10. The van der Waals surface area contributed by atoms with Crippen LogP contribution in [0.3, 0.4) is 0 Å². The number of rotatable bonds is 3. The maximum absolute atomic E-state index is 13.9. The molecule has 1 fully saturated rings. The van der Waals surface area contributed by atoms with Crippen molar-refractivity contribution in [2.75, 3.05) is 0 Å². The van der Waals surface area contributed by atoms with Crippen LogP contribution in [0.25, 0.3) is 11.1 Å². The summed E-state index contributed by atoms with van der Waals surface area (Å²) in [6.07, 6.45) is 6.13. The molecule has 3 aromatic rings. The van der Waals surface area contributed by atoms with E-state index in [0.29, 0.717) is 10.1 Å². The van der Waals surface area contributed by atoms with Crippen molar-refractivity contribution in [1.82, 2.24) is 9.88 Å². The van der Waals surface area contributed by atoms with Crippen LogP contribution < -0.4 is 5.32 Å². The smallest absolute Gasteiger partial charge is 0.264 e. The highest BCUT2D eigenvalue weighted by Gasteiger charge is 2.26. The summed E-state index contributed by atoms with van der Waals surface area (Å²) < 4.78 is 16.0. The number of aromatic nitrogens is 1. The van der Waals surface area contributed by atoms with Gasteiger partial charge in [-0.1, -0.05) is 12.1 Å². The molecule has 33 heavy (non-hydrogen) atoms. The van der Waals surface area contributed by atoms with Crippen molar-refractivity contribution in [2.45, 2.75) is 39.5 Å². The maximum atomic E-state index is 13.9. The first-order chi connectivity index (χ1) is 16.0. The summed E-state index contributed by atoms with van der Waals surface area (Å²) in [7, 11) is 0. The lowest BCUT2D eigenvalue weighted by molar-refractivity contribution is -0.115. The Kier molecular flexibility index (Phi) is 5.69. The van der Waals surface area contributed by atoms with Crippen molar-refractivity contribution in [2.24, 2.45) is 4.99 Å². The van der Waals surface area contributed by atoms with Crippen LogP contribution in [0.15, 0.2) is 40.2 Å². The van der Waals surface area contributed by atoms with Gasteiger partial charge in [-0.05, 0) is 86.7 Å². The molecule has 0 saturated carbocycles. The molecule has 0 bridgehead atoms. The molecular formula is C25H21FN4OS2. The van der Waals surface area contributed by atoms with Gasteiger partial charge in [0.25, 0.3) is 5.91 Å². The van der Waals surface area contributed by atoms with Crippen LogP contribution in [0, 0.1) is 31.0 Å². The molecule has 5 nitrogen and oxygen atoms in total. The van der Waals surface area contributed by atoms with Crippen molar-refractivity contribution < 1.29 is 9.18 Å². The summed E-state index contributed by atoms with van der Waals surface area (Å²) >= 11 is 2.90. The number of nitrogens with zero attached hydrogens (tertiary/aromatic N) is 3. The maximum Gasteiger partial charge on any atom is 0.264 e. The van der Waals surface area contributed by atoms with Gasteiger partial charge in [0.1, 0.15) is 22.6 Å². The molecule has 8 heteroatoms. The Morgan fingerprint density at radius 3 is 2.82 bits per heavy atom. The van der Waals surface area contributed by atoms with Gasteiger partial charge >= 0.3 is 0 Å². The summed E-state index contributed by atoms with van der Waals surface area (Å²) in [5, 5.41) is 13.9. The molecule has 1 aliphatic heterocycles. The Hall–Kier alpha value is -3.15. The SMILES string of the molecule is Cc1cc(/C=C2\SC(=Nc3ccccc3F)NC2=O)c(C)n1-c1sc2c(c1C#N)CCCC2. The number of carbonyl (C=O) groups is 1. The molecular weight excluding hydrogens is 455 g/mol. The fourth-order valence-corrected chi connectivity index (χ4v) is 6.62. The van der Waals surface area contributed by atoms with Crippen LogP contribution in [0.2, 0.25) is 0 Å². The molecule has 2 aliphatic rings. The van der Waals surface area contributed by atoms with Crippen LogP contribution in [0.1, 0.15) is 45.8 Å². The normalized spacial score (nSPS) is 17.9. The second kappa shape index (κ2) is 8.65. The number of halogens is 1. The molecule has 3 heterocycles. The number of hydrogen-bond acceptors (Lipinski definition) is 5. The van der Waals surface area contributed by atoms with E-state index in [1.165, 1.54) is 34.7 Å². The molecule has 1 N–H and O–H groups in total. The molecule has 0 radical (unpaired) electrons. The topological polar surface area (TPSA) is 70.2 Å². The Balaban J connectivity index is 1.50.